The molecule has 28 heavy (non-hydrogen) atoms. The molecule has 1 spiro atoms. The molecule has 2 aliphatic rings. The van der Waals surface area contributed by atoms with Crippen LogP contribution in [0.1, 0.15) is 18.1 Å². The Bertz CT molecular complexity index is 1060. The number of carbonyl (C=O) groups excluding carboxylic acids is 1. The monoisotopic (exact) mass is 367 g/mol. The van der Waals surface area contributed by atoms with Crippen LogP contribution in [0.5, 0.6) is 0 Å². The third kappa shape index (κ3) is 2.38. The van der Waals surface area contributed by atoms with E-state index < -0.39 is 5.41 Å². The zero-order valence-corrected chi connectivity index (χ0v) is 15.7. The number of para-hydroxylation sites is 2. The van der Waals surface area contributed by atoms with E-state index in [-0.39, 0.29) is 11.9 Å². The maximum atomic E-state index is 13.9. The molecule has 0 saturated carbocycles. The SMILES string of the molecule is CC1Nc2ccccc2CC12C(=O)N(c1ccccc1)N=C2c1ccccc1. The second-order valence-corrected chi connectivity index (χ2v) is 7.44. The van der Waals surface area contributed by atoms with Gasteiger partial charge >= 0.3 is 0 Å². The van der Waals surface area contributed by atoms with Gasteiger partial charge in [-0.15, -0.1) is 0 Å². The minimum atomic E-state index is -0.744. The second-order valence-electron chi connectivity index (χ2n) is 7.44. The molecule has 1 amide bonds. The van der Waals surface area contributed by atoms with Gasteiger partial charge in [0.1, 0.15) is 5.41 Å². The molecule has 3 aromatic rings. The Labute approximate surface area is 164 Å². The number of hydrogen-bond acceptors (Lipinski definition) is 3. The summed E-state index contributed by atoms with van der Waals surface area (Å²) in [5.74, 6) is 0.0204. The molecule has 0 radical (unpaired) electrons. The van der Waals surface area contributed by atoms with Gasteiger partial charge in [0.15, 0.2) is 0 Å². The van der Waals surface area contributed by atoms with Crippen LogP contribution in [-0.2, 0) is 11.2 Å². The van der Waals surface area contributed by atoms with Crippen molar-refractivity contribution in [2.75, 3.05) is 10.3 Å². The average molecular weight is 367 g/mol. The zero-order valence-electron chi connectivity index (χ0n) is 15.7. The maximum absolute atomic E-state index is 13.9. The summed E-state index contributed by atoms with van der Waals surface area (Å²) in [6, 6.07) is 27.9. The van der Waals surface area contributed by atoms with Crippen molar-refractivity contribution >= 4 is 23.0 Å². The van der Waals surface area contributed by atoms with Crippen molar-refractivity contribution in [2.24, 2.45) is 10.5 Å². The van der Waals surface area contributed by atoms with Gasteiger partial charge in [-0.25, -0.2) is 0 Å². The summed E-state index contributed by atoms with van der Waals surface area (Å²) in [5, 5.41) is 10.0. The summed E-state index contributed by atoms with van der Waals surface area (Å²) in [5.41, 5.74) is 4.11. The Morgan fingerprint density at radius 2 is 1.57 bits per heavy atom. The minimum absolute atomic E-state index is 0.0204. The van der Waals surface area contributed by atoms with E-state index in [0.717, 1.165) is 28.2 Å². The summed E-state index contributed by atoms with van der Waals surface area (Å²) >= 11 is 0. The Morgan fingerprint density at radius 1 is 0.929 bits per heavy atom. The molecule has 2 unspecified atom stereocenters. The molecule has 0 fully saturated rings. The van der Waals surface area contributed by atoms with Gasteiger partial charge in [-0.1, -0.05) is 66.7 Å². The number of rotatable bonds is 2. The lowest BCUT2D eigenvalue weighted by molar-refractivity contribution is -0.124. The zero-order chi connectivity index (χ0) is 19.1. The standard InChI is InChI=1S/C24H21N3O/c1-17-24(16-19-12-8-9-15-21(19)25-17)22(18-10-4-2-5-11-18)26-27(23(24)28)20-13-6-3-7-14-20/h2-15,17,25H,16H2,1H3. The van der Waals surface area contributed by atoms with E-state index >= 15 is 0 Å². The molecule has 3 aromatic carbocycles. The summed E-state index contributed by atoms with van der Waals surface area (Å²) in [6.45, 7) is 2.08. The first-order valence-electron chi connectivity index (χ1n) is 9.59. The highest BCUT2D eigenvalue weighted by Crippen LogP contribution is 2.45. The van der Waals surface area contributed by atoms with Gasteiger partial charge in [0.2, 0.25) is 0 Å². The van der Waals surface area contributed by atoms with Crippen molar-refractivity contribution < 1.29 is 4.79 Å². The van der Waals surface area contributed by atoms with E-state index in [4.69, 9.17) is 5.10 Å². The van der Waals surface area contributed by atoms with Crippen LogP contribution < -0.4 is 10.3 Å². The van der Waals surface area contributed by atoms with Crippen molar-refractivity contribution in [1.82, 2.24) is 0 Å². The number of carbonyl (C=O) groups is 1. The molecule has 2 atom stereocenters. The van der Waals surface area contributed by atoms with Crippen LogP contribution in [-0.4, -0.2) is 17.7 Å². The lowest BCUT2D eigenvalue weighted by Crippen LogP contribution is -2.54. The quantitative estimate of drug-likeness (QED) is 0.726. The maximum Gasteiger partial charge on any atom is 0.262 e. The van der Waals surface area contributed by atoms with Crippen LogP contribution in [0.3, 0.4) is 0 Å². The summed E-state index contributed by atoms with van der Waals surface area (Å²) in [4.78, 5) is 13.9. The number of nitrogens with zero attached hydrogens (tertiary/aromatic N) is 2. The topological polar surface area (TPSA) is 44.7 Å². The predicted octanol–water partition coefficient (Wildman–Crippen LogP) is 4.48. The number of hydrazone groups is 1. The van der Waals surface area contributed by atoms with E-state index in [1.165, 1.54) is 0 Å². The number of benzene rings is 3. The van der Waals surface area contributed by atoms with Gasteiger partial charge in [0.25, 0.3) is 5.91 Å². The van der Waals surface area contributed by atoms with Crippen LogP contribution in [0, 0.1) is 5.41 Å². The van der Waals surface area contributed by atoms with Gasteiger partial charge in [-0.3, -0.25) is 4.79 Å². The van der Waals surface area contributed by atoms with E-state index in [2.05, 4.69) is 24.4 Å². The highest BCUT2D eigenvalue weighted by Gasteiger charge is 2.57. The van der Waals surface area contributed by atoms with Crippen molar-refractivity contribution in [3.8, 4) is 0 Å². The Kier molecular flexibility index (Phi) is 3.79. The molecule has 4 heteroatoms. The van der Waals surface area contributed by atoms with Crippen molar-refractivity contribution in [1.29, 1.82) is 0 Å². The van der Waals surface area contributed by atoms with Gasteiger partial charge in [0, 0.05) is 11.7 Å². The lowest BCUT2D eigenvalue weighted by Gasteiger charge is -2.40. The van der Waals surface area contributed by atoms with Crippen LogP contribution in [0.15, 0.2) is 90.0 Å². The number of amides is 1. The van der Waals surface area contributed by atoms with Crippen molar-refractivity contribution in [3.05, 3.63) is 96.1 Å². The molecule has 1 N–H and O–H groups in total. The fourth-order valence-corrected chi connectivity index (χ4v) is 4.36. The number of fused-ring (bicyclic) bond motifs is 1. The van der Waals surface area contributed by atoms with Crippen LogP contribution in [0.2, 0.25) is 0 Å². The summed E-state index contributed by atoms with van der Waals surface area (Å²) in [7, 11) is 0. The molecule has 0 aliphatic carbocycles. The summed E-state index contributed by atoms with van der Waals surface area (Å²) < 4.78 is 0. The molecule has 0 bridgehead atoms. The van der Waals surface area contributed by atoms with Crippen LogP contribution >= 0.6 is 0 Å². The van der Waals surface area contributed by atoms with Crippen molar-refractivity contribution in [3.63, 3.8) is 0 Å². The number of anilines is 2. The molecule has 0 saturated heterocycles. The third-order valence-corrected chi connectivity index (χ3v) is 5.84. The average Bonchev–Trinajstić information content (AvgIpc) is 3.03. The third-order valence-electron chi connectivity index (χ3n) is 5.84. The van der Waals surface area contributed by atoms with Gasteiger partial charge in [0.05, 0.1) is 11.4 Å². The highest BCUT2D eigenvalue weighted by molar-refractivity contribution is 6.26. The lowest BCUT2D eigenvalue weighted by atomic mass is 9.67. The highest BCUT2D eigenvalue weighted by atomic mass is 16.2. The first-order valence-corrected chi connectivity index (χ1v) is 9.59. The van der Waals surface area contributed by atoms with E-state index in [9.17, 15) is 4.79 Å². The van der Waals surface area contributed by atoms with E-state index in [1.807, 2.05) is 72.8 Å². The molecular formula is C24H21N3O. The second kappa shape index (κ2) is 6.34. The van der Waals surface area contributed by atoms with Gasteiger partial charge in [-0.2, -0.15) is 10.1 Å². The first-order chi connectivity index (χ1) is 13.7. The summed E-state index contributed by atoms with van der Waals surface area (Å²) in [6.07, 6.45) is 0.632. The normalized spacial score (nSPS) is 23.3. The fraction of sp³-hybridized carbons (Fsp3) is 0.167. The Balaban J connectivity index is 1.70. The molecule has 138 valence electrons. The predicted molar refractivity (Wildman–Crippen MR) is 113 cm³/mol. The number of hydrogen-bond donors (Lipinski definition) is 1. The minimum Gasteiger partial charge on any atom is -0.381 e. The molecule has 5 rings (SSSR count). The van der Waals surface area contributed by atoms with Crippen molar-refractivity contribution in [2.45, 2.75) is 19.4 Å². The largest absolute Gasteiger partial charge is 0.381 e. The molecular weight excluding hydrogens is 346 g/mol. The molecule has 4 nitrogen and oxygen atoms in total. The Hall–Kier alpha value is -3.40. The first kappa shape index (κ1) is 16.8. The van der Waals surface area contributed by atoms with Gasteiger partial charge < -0.3 is 5.32 Å². The van der Waals surface area contributed by atoms with E-state index in [0.29, 0.717) is 6.42 Å². The van der Waals surface area contributed by atoms with Gasteiger partial charge in [-0.05, 0) is 42.7 Å². The molecule has 2 aliphatic heterocycles. The molecule has 2 heterocycles. The molecule has 0 aromatic heterocycles. The van der Waals surface area contributed by atoms with E-state index in [1.54, 1.807) is 5.01 Å². The van der Waals surface area contributed by atoms with Crippen LogP contribution in [0.25, 0.3) is 0 Å². The smallest absolute Gasteiger partial charge is 0.262 e. The van der Waals surface area contributed by atoms with Crippen LogP contribution in [0.4, 0.5) is 11.4 Å². The fourth-order valence-electron chi connectivity index (χ4n) is 4.36. The Morgan fingerprint density at radius 3 is 2.32 bits per heavy atom. The number of nitrogens with one attached hydrogen (secondary N) is 1.